The van der Waals surface area contributed by atoms with Gasteiger partial charge in [-0.2, -0.15) is 0 Å². The zero-order valence-electron chi connectivity index (χ0n) is 11.4. The Hall–Kier alpha value is 0.0700. The summed E-state index contributed by atoms with van der Waals surface area (Å²) in [6.45, 7) is 12.6. The molecule has 0 bridgehead atoms. The van der Waals surface area contributed by atoms with Gasteiger partial charge in [-0.3, -0.25) is 0 Å². The topological polar surface area (TPSA) is 32.3 Å². The molecule has 0 aromatic heterocycles. The van der Waals surface area contributed by atoms with Crippen LogP contribution in [0.2, 0.25) is 0 Å². The Balaban J connectivity index is 2.68. The zero-order valence-corrected chi connectivity index (χ0v) is 12.2. The third-order valence-corrected chi connectivity index (χ3v) is 4.98. The molecule has 1 saturated heterocycles. The maximum absolute atomic E-state index is 12.3. The summed E-state index contributed by atoms with van der Waals surface area (Å²) in [4.78, 5) is 0. The lowest BCUT2D eigenvalue weighted by molar-refractivity contribution is 0.0678. The average Bonchev–Trinajstić information content (AvgIpc) is 2.07. The Morgan fingerprint density at radius 1 is 1.44 bits per heavy atom. The molecule has 0 saturated carbocycles. The lowest BCUT2D eigenvalue weighted by Gasteiger charge is -2.51. The Kier molecular flexibility index (Phi) is 4.55. The number of nitrogens with zero attached hydrogens (tertiary/aromatic N) is 1. The summed E-state index contributed by atoms with van der Waals surface area (Å²) in [5.41, 5.74) is 0. The number of nitrogens with one attached hydrogen (secondary N) is 1. The van der Waals surface area contributed by atoms with Crippen molar-refractivity contribution in [3.8, 4) is 0 Å². The van der Waals surface area contributed by atoms with E-state index in [0.29, 0.717) is 17.9 Å². The van der Waals surface area contributed by atoms with Crippen LogP contribution >= 0.6 is 0 Å². The smallest absolute Gasteiger partial charge is 0.1000 e. The van der Waals surface area contributed by atoms with Crippen molar-refractivity contribution in [2.24, 2.45) is 11.8 Å². The molecule has 1 heterocycles. The summed E-state index contributed by atoms with van der Waals surface area (Å²) in [5.74, 6) is 1.22. The Morgan fingerprint density at radius 3 is 2.38 bits per heavy atom. The minimum absolute atomic E-state index is 0.141. The molecular weight excluding hydrogens is 220 g/mol. The van der Waals surface area contributed by atoms with Crippen molar-refractivity contribution in [2.45, 2.75) is 45.4 Å². The standard InChI is InChI=1S/C12H26N2OS/c1-9(2)11-10(7-13-6)8-14(11)16(15)12(3,4)5/h9-11,13H,7-8H2,1-6H3/t10-,11-,16-/m1/s1. The molecule has 0 aromatic carbocycles. The molecule has 4 heteroatoms. The van der Waals surface area contributed by atoms with Gasteiger partial charge in [0.15, 0.2) is 0 Å². The van der Waals surface area contributed by atoms with E-state index >= 15 is 0 Å². The first-order valence-corrected chi connectivity index (χ1v) is 7.23. The first kappa shape index (κ1) is 14.1. The second kappa shape index (κ2) is 5.15. The highest BCUT2D eigenvalue weighted by molar-refractivity contribution is 7.84. The van der Waals surface area contributed by atoms with Crippen LogP contribution in [0.3, 0.4) is 0 Å². The van der Waals surface area contributed by atoms with Crippen molar-refractivity contribution in [3.63, 3.8) is 0 Å². The fraction of sp³-hybridized carbons (Fsp3) is 1.00. The molecular formula is C12H26N2OS. The van der Waals surface area contributed by atoms with Gasteiger partial charge in [0.1, 0.15) is 0 Å². The van der Waals surface area contributed by atoms with Crippen molar-refractivity contribution in [1.82, 2.24) is 9.62 Å². The van der Waals surface area contributed by atoms with Crippen LogP contribution in [-0.2, 0) is 11.0 Å². The fourth-order valence-electron chi connectivity index (χ4n) is 2.41. The van der Waals surface area contributed by atoms with E-state index in [1.54, 1.807) is 0 Å². The van der Waals surface area contributed by atoms with Gasteiger partial charge in [-0.25, -0.2) is 8.51 Å². The van der Waals surface area contributed by atoms with Crippen molar-refractivity contribution in [3.05, 3.63) is 0 Å². The van der Waals surface area contributed by atoms with Gasteiger partial charge < -0.3 is 5.32 Å². The van der Waals surface area contributed by atoms with Crippen LogP contribution in [0.1, 0.15) is 34.6 Å². The van der Waals surface area contributed by atoms with E-state index < -0.39 is 11.0 Å². The number of rotatable bonds is 4. The van der Waals surface area contributed by atoms with E-state index in [2.05, 4.69) is 23.5 Å². The third kappa shape index (κ3) is 2.84. The summed E-state index contributed by atoms with van der Waals surface area (Å²) in [6, 6.07) is 0.465. The predicted molar refractivity (Wildman–Crippen MR) is 70.6 cm³/mol. The molecule has 0 amide bonds. The summed E-state index contributed by atoms with van der Waals surface area (Å²) < 4.78 is 14.4. The van der Waals surface area contributed by atoms with E-state index in [1.165, 1.54) is 0 Å². The molecule has 1 fully saturated rings. The maximum Gasteiger partial charge on any atom is 0.1000 e. The van der Waals surface area contributed by atoms with E-state index in [0.717, 1.165) is 13.1 Å². The second-order valence-electron chi connectivity index (χ2n) is 6.01. The first-order chi connectivity index (χ1) is 7.29. The largest absolute Gasteiger partial charge is 0.319 e. The highest BCUT2D eigenvalue weighted by atomic mass is 32.2. The van der Waals surface area contributed by atoms with Crippen LogP contribution in [0, 0.1) is 11.8 Å². The van der Waals surface area contributed by atoms with Crippen LogP contribution in [0.15, 0.2) is 0 Å². The molecule has 16 heavy (non-hydrogen) atoms. The van der Waals surface area contributed by atoms with Gasteiger partial charge in [0.2, 0.25) is 0 Å². The summed E-state index contributed by atoms with van der Waals surface area (Å²) in [7, 11) is 1.12. The normalized spacial score (nSPS) is 29.2. The molecule has 3 nitrogen and oxygen atoms in total. The van der Waals surface area contributed by atoms with E-state index in [1.807, 2.05) is 27.8 Å². The summed E-state index contributed by atoms with van der Waals surface area (Å²) in [5, 5.41) is 3.23. The quantitative estimate of drug-likeness (QED) is 0.817. The molecule has 1 N–H and O–H groups in total. The Bertz CT molecular complexity index is 260. The zero-order chi connectivity index (χ0) is 12.5. The van der Waals surface area contributed by atoms with Gasteiger partial charge >= 0.3 is 0 Å². The summed E-state index contributed by atoms with van der Waals surface area (Å²) in [6.07, 6.45) is 0. The Morgan fingerprint density at radius 2 is 2.00 bits per heavy atom. The second-order valence-corrected chi connectivity index (χ2v) is 8.21. The number of hydrogen-bond donors (Lipinski definition) is 1. The molecule has 0 aromatic rings. The van der Waals surface area contributed by atoms with Crippen LogP contribution in [0.5, 0.6) is 0 Å². The molecule has 0 unspecified atom stereocenters. The SMILES string of the molecule is CNC[C@@H]1CN([S@](=O)C(C)(C)C)[C@@H]1C(C)C. The van der Waals surface area contributed by atoms with Gasteiger partial charge in [-0.15, -0.1) is 0 Å². The van der Waals surface area contributed by atoms with Crippen molar-refractivity contribution in [2.75, 3.05) is 20.1 Å². The van der Waals surface area contributed by atoms with E-state index in [9.17, 15) is 4.21 Å². The van der Waals surface area contributed by atoms with Crippen LogP contribution in [0.25, 0.3) is 0 Å². The Labute approximate surface area is 103 Å². The van der Waals surface area contributed by atoms with Gasteiger partial charge in [-0.1, -0.05) is 13.8 Å². The third-order valence-electron chi connectivity index (χ3n) is 3.12. The lowest BCUT2D eigenvalue weighted by Crippen LogP contribution is -2.63. The average molecular weight is 246 g/mol. The van der Waals surface area contributed by atoms with Gasteiger partial charge in [0.05, 0.1) is 15.7 Å². The van der Waals surface area contributed by atoms with Crippen LogP contribution in [-0.4, -0.2) is 39.4 Å². The molecule has 0 radical (unpaired) electrons. The van der Waals surface area contributed by atoms with E-state index in [4.69, 9.17) is 0 Å². The predicted octanol–water partition coefficient (Wildman–Crippen LogP) is 1.62. The van der Waals surface area contributed by atoms with Gasteiger partial charge in [0, 0.05) is 25.0 Å². The van der Waals surface area contributed by atoms with Crippen molar-refractivity contribution >= 4 is 11.0 Å². The summed E-state index contributed by atoms with van der Waals surface area (Å²) >= 11 is 0. The minimum Gasteiger partial charge on any atom is -0.319 e. The highest BCUT2D eigenvalue weighted by Gasteiger charge is 2.45. The fourth-order valence-corrected chi connectivity index (χ4v) is 4.08. The van der Waals surface area contributed by atoms with Crippen molar-refractivity contribution < 1.29 is 4.21 Å². The highest BCUT2D eigenvalue weighted by Crippen LogP contribution is 2.34. The van der Waals surface area contributed by atoms with Crippen molar-refractivity contribution in [1.29, 1.82) is 0 Å². The van der Waals surface area contributed by atoms with Gasteiger partial charge in [-0.05, 0) is 33.7 Å². The van der Waals surface area contributed by atoms with E-state index in [-0.39, 0.29) is 4.75 Å². The molecule has 0 spiro atoms. The molecule has 0 aliphatic carbocycles. The number of hydrogen-bond acceptors (Lipinski definition) is 2. The molecule has 1 aliphatic heterocycles. The van der Waals surface area contributed by atoms with Crippen LogP contribution in [0.4, 0.5) is 0 Å². The molecule has 96 valence electrons. The van der Waals surface area contributed by atoms with Gasteiger partial charge in [0.25, 0.3) is 0 Å². The monoisotopic (exact) mass is 246 g/mol. The first-order valence-electron chi connectivity index (χ1n) is 6.12. The van der Waals surface area contributed by atoms with Crippen LogP contribution < -0.4 is 5.32 Å². The molecule has 3 atom stereocenters. The molecule has 1 aliphatic rings. The maximum atomic E-state index is 12.3. The minimum atomic E-state index is -0.865. The lowest BCUT2D eigenvalue weighted by atomic mass is 9.83. The molecule has 1 rings (SSSR count).